The Bertz CT molecular complexity index is 448. The van der Waals surface area contributed by atoms with Crippen molar-refractivity contribution in [2.75, 3.05) is 19.8 Å². The quantitative estimate of drug-likeness (QED) is 0.762. The summed E-state index contributed by atoms with van der Waals surface area (Å²) >= 11 is 4.41. The first-order valence-electron chi connectivity index (χ1n) is 5.07. The summed E-state index contributed by atoms with van der Waals surface area (Å²) in [6.07, 6.45) is 2.09. The SMILES string of the molecule is CN(C)C(CS)c1c[nH]c2ccccc12. The average Bonchev–Trinajstić information content (AvgIpc) is 2.63. The van der Waals surface area contributed by atoms with Crippen molar-refractivity contribution in [2.24, 2.45) is 0 Å². The molecule has 1 aromatic carbocycles. The maximum Gasteiger partial charge on any atom is 0.0457 e. The molecule has 80 valence electrons. The first kappa shape index (κ1) is 10.6. The molecule has 0 fully saturated rings. The van der Waals surface area contributed by atoms with Gasteiger partial charge in [0, 0.05) is 28.9 Å². The summed E-state index contributed by atoms with van der Waals surface area (Å²) in [4.78, 5) is 5.49. The van der Waals surface area contributed by atoms with E-state index in [2.05, 4.69) is 61.0 Å². The number of nitrogens with zero attached hydrogens (tertiary/aromatic N) is 1. The van der Waals surface area contributed by atoms with E-state index >= 15 is 0 Å². The highest BCUT2D eigenvalue weighted by Crippen LogP contribution is 2.27. The number of thiol groups is 1. The number of aromatic nitrogens is 1. The summed E-state index contributed by atoms with van der Waals surface area (Å²) in [5.74, 6) is 0.828. The van der Waals surface area contributed by atoms with Crippen LogP contribution in [-0.2, 0) is 0 Å². The summed E-state index contributed by atoms with van der Waals surface area (Å²) in [5.41, 5.74) is 2.52. The smallest absolute Gasteiger partial charge is 0.0457 e. The molecule has 0 spiro atoms. The van der Waals surface area contributed by atoms with Crippen LogP contribution in [0.1, 0.15) is 11.6 Å². The molecule has 0 aliphatic carbocycles. The Morgan fingerprint density at radius 1 is 1.33 bits per heavy atom. The molecular formula is C12H16N2S. The summed E-state index contributed by atoms with van der Waals surface area (Å²) < 4.78 is 0. The largest absolute Gasteiger partial charge is 0.361 e. The predicted molar refractivity (Wildman–Crippen MR) is 68.6 cm³/mol. The molecule has 0 bridgehead atoms. The van der Waals surface area contributed by atoms with Gasteiger partial charge in [0.25, 0.3) is 0 Å². The zero-order valence-electron chi connectivity index (χ0n) is 9.07. The molecule has 2 aromatic rings. The van der Waals surface area contributed by atoms with Crippen molar-refractivity contribution in [3.63, 3.8) is 0 Å². The number of H-pyrrole nitrogens is 1. The maximum atomic E-state index is 4.41. The number of para-hydroxylation sites is 1. The van der Waals surface area contributed by atoms with Crippen LogP contribution in [-0.4, -0.2) is 29.7 Å². The van der Waals surface area contributed by atoms with Gasteiger partial charge in [-0.1, -0.05) is 18.2 Å². The molecular weight excluding hydrogens is 204 g/mol. The van der Waals surface area contributed by atoms with E-state index in [9.17, 15) is 0 Å². The van der Waals surface area contributed by atoms with Crippen molar-refractivity contribution in [3.05, 3.63) is 36.0 Å². The molecule has 1 heterocycles. The third-order valence-electron chi connectivity index (χ3n) is 2.78. The first-order chi connectivity index (χ1) is 7.24. The van der Waals surface area contributed by atoms with Gasteiger partial charge in [0.15, 0.2) is 0 Å². The van der Waals surface area contributed by atoms with E-state index in [0.717, 1.165) is 5.75 Å². The van der Waals surface area contributed by atoms with E-state index < -0.39 is 0 Å². The fourth-order valence-corrected chi connectivity index (χ4v) is 2.43. The summed E-state index contributed by atoms with van der Waals surface area (Å²) in [6.45, 7) is 0. The van der Waals surface area contributed by atoms with E-state index in [4.69, 9.17) is 0 Å². The lowest BCUT2D eigenvalue weighted by molar-refractivity contribution is 0.328. The zero-order valence-corrected chi connectivity index (χ0v) is 9.96. The topological polar surface area (TPSA) is 19.0 Å². The van der Waals surface area contributed by atoms with Crippen molar-refractivity contribution < 1.29 is 0 Å². The Morgan fingerprint density at radius 3 is 2.73 bits per heavy atom. The summed E-state index contributed by atoms with van der Waals surface area (Å²) in [6, 6.07) is 8.74. The second kappa shape index (κ2) is 4.29. The molecule has 0 saturated heterocycles. The summed E-state index contributed by atoms with van der Waals surface area (Å²) in [5, 5.41) is 1.30. The predicted octanol–water partition coefficient (Wildman–Crippen LogP) is 2.70. The van der Waals surface area contributed by atoms with Crippen LogP contribution in [0.3, 0.4) is 0 Å². The lowest BCUT2D eigenvalue weighted by Gasteiger charge is -2.21. The average molecular weight is 220 g/mol. The van der Waals surface area contributed by atoms with Gasteiger partial charge in [-0.15, -0.1) is 0 Å². The molecule has 1 atom stereocenters. The number of benzene rings is 1. The van der Waals surface area contributed by atoms with Crippen molar-refractivity contribution in [1.29, 1.82) is 0 Å². The second-order valence-corrected chi connectivity index (χ2v) is 4.32. The van der Waals surface area contributed by atoms with Crippen LogP contribution in [0.2, 0.25) is 0 Å². The Morgan fingerprint density at radius 2 is 2.07 bits per heavy atom. The van der Waals surface area contributed by atoms with E-state index in [1.807, 2.05) is 6.07 Å². The number of rotatable bonds is 3. The maximum absolute atomic E-state index is 4.41. The zero-order chi connectivity index (χ0) is 10.8. The molecule has 2 rings (SSSR count). The molecule has 1 aromatic heterocycles. The van der Waals surface area contributed by atoms with Gasteiger partial charge in [-0.3, -0.25) is 0 Å². The standard InChI is InChI=1S/C12H16N2S/c1-14(2)12(8-15)10-7-13-11-6-4-3-5-9(10)11/h3-7,12-13,15H,8H2,1-2H3. The van der Waals surface area contributed by atoms with Crippen molar-refractivity contribution in [1.82, 2.24) is 9.88 Å². The highest BCUT2D eigenvalue weighted by molar-refractivity contribution is 7.80. The van der Waals surface area contributed by atoms with E-state index in [-0.39, 0.29) is 0 Å². The lowest BCUT2D eigenvalue weighted by atomic mass is 10.1. The number of hydrogen-bond donors (Lipinski definition) is 2. The summed E-state index contributed by atoms with van der Waals surface area (Å²) in [7, 11) is 4.17. The van der Waals surface area contributed by atoms with Crippen LogP contribution >= 0.6 is 12.6 Å². The molecule has 0 saturated carbocycles. The number of aromatic amines is 1. The van der Waals surface area contributed by atoms with Crippen LogP contribution in [0, 0.1) is 0 Å². The number of fused-ring (bicyclic) bond motifs is 1. The minimum absolute atomic E-state index is 0.365. The van der Waals surface area contributed by atoms with Gasteiger partial charge in [-0.05, 0) is 25.7 Å². The molecule has 1 unspecified atom stereocenters. The van der Waals surface area contributed by atoms with Gasteiger partial charge < -0.3 is 9.88 Å². The van der Waals surface area contributed by atoms with Crippen LogP contribution in [0.15, 0.2) is 30.5 Å². The Hall–Kier alpha value is -0.930. The monoisotopic (exact) mass is 220 g/mol. The van der Waals surface area contributed by atoms with Crippen molar-refractivity contribution in [2.45, 2.75) is 6.04 Å². The van der Waals surface area contributed by atoms with Crippen LogP contribution < -0.4 is 0 Å². The molecule has 2 nitrogen and oxygen atoms in total. The molecule has 0 radical (unpaired) electrons. The van der Waals surface area contributed by atoms with Crippen molar-refractivity contribution >= 4 is 23.5 Å². The Kier molecular flexibility index (Phi) is 3.03. The van der Waals surface area contributed by atoms with Gasteiger partial charge in [0.2, 0.25) is 0 Å². The van der Waals surface area contributed by atoms with Gasteiger partial charge >= 0.3 is 0 Å². The van der Waals surface area contributed by atoms with Crippen LogP contribution in [0.25, 0.3) is 10.9 Å². The first-order valence-corrected chi connectivity index (χ1v) is 5.70. The molecule has 1 N–H and O–H groups in total. The highest BCUT2D eigenvalue weighted by Gasteiger charge is 2.15. The van der Waals surface area contributed by atoms with Crippen LogP contribution in [0.5, 0.6) is 0 Å². The molecule has 3 heteroatoms. The molecule has 0 amide bonds. The second-order valence-electron chi connectivity index (χ2n) is 3.95. The van der Waals surface area contributed by atoms with Gasteiger partial charge in [0.1, 0.15) is 0 Å². The van der Waals surface area contributed by atoms with Crippen molar-refractivity contribution in [3.8, 4) is 0 Å². The molecule has 15 heavy (non-hydrogen) atoms. The minimum atomic E-state index is 0.365. The molecule has 0 aliphatic rings. The van der Waals surface area contributed by atoms with Gasteiger partial charge in [-0.2, -0.15) is 12.6 Å². The van der Waals surface area contributed by atoms with Gasteiger partial charge in [-0.25, -0.2) is 0 Å². The normalized spacial score (nSPS) is 13.6. The fourth-order valence-electron chi connectivity index (χ4n) is 1.91. The fraction of sp³-hybridized carbons (Fsp3) is 0.333. The number of nitrogens with one attached hydrogen (secondary N) is 1. The van der Waals surface area contributed by atoms with E-state index in [0.29, 0.717) is 6.04 Å². The Balaban J connectivity index is 2.51. The third-order valence-corrected chi connectivity index (χ3v) is 3.12. The lowest BCUT2D eigenvalue weighted by Crippen LogP contribution is -2.20. The molecule has 0 aliphatic heterocycles. The van der Waals surface area contributed by atoms with E-state index in [1.165, 1.54) is 16.5 Å². The highest BCUT2D eigenvalue weighted by atomic mass is 32.1. The third kappa shape index (κ3) is 1.90. The number of hydrogen-bond acceptors (Lipinski definition) is 2. The van der Waals surface area contributed by atoms with E-state index in [1.54, 1.807) is 0 Å². The minimum Gasteiger partial charge on any atom is -0.361 e. The van der Waals surface area contributed by atoms with Crippen LogP contribution in [0.4, 0.5) is 0 Å². The Labute approximate surface area is 95.7 Å². The van der Waals surface area contributed by atoms with Gasteiger partial charge in [0.05, 0.1) is 0 Å².